The summed E-state index contributed by atoms with van der Waals surface area (Å²) in [6.07, 6.45) is 3.09. The van der Waals surface area contributed by atoms with Crippen LogP contribution in [0.1, 0.15) is 31.7 Å². The minimum Gasteiger partial charge on any atom is -0.372 e. The molecular weight excluding hydrogens is 200 g/mol. The molecular formula is C13H18N2O. The molecule has 1 amide bonds. The van der Waals surface area contributed by atoms with Gasteiger partial charge in [0.1, 0.15) is 6.04 Å². The van der Waals surface area contributed by atoms with Crippen LogP contribution in [0.3, 0.4) is 0 Å². The van der Waals surface area contributed by atoms with Gasteiger partial charge in [0.15, 0.2) is 0 Å². The fourth-order valence-electron chi connectivity index (χ4n) is 1.97. The van der Waals surface area contributed by atoms with Crippen molar-refractivity contribution >= 4 is 17.3 Å². The maximum atomic E-state index is 11.8. The van der Waals surface area contributed by atoms with Gasteiger partial charge in [-0.3, -0.25) is 4.79 Å². The maximum Gasteiger partial charge on any atom is 0.246 e. The first-order chi connectivity index (χ1) is 7.70. The lowest BCUT2D eigenvalue weighted by Crippen LogP contribution is -2.38. The highest BCUT2D eigenvalue weighted by Gasteiger charge is 2.24. The Kier molecular flexibility index (Phi) is 3.13. The van der Waals surface area contributed by atoms with Gasteiger partial charge in [-0.15, -0.1) is 0 Å². The van der Waals surface area contributed by atoms with Crippen LogP contribution >= 0.6 is 0 Å². The Labute approximate surface area is 96.2 Å². The molecule has 2 N–H and O–H groups in total. The van der Waals surface area contributed by atoms with Gasteiger partial charge in [0.25, 0.3) is 0 Å². The minimum absolute atomic E-state index is 0.0748. The van der Waals surface area contributed by atoms with Crippen molar-refractivity contribution in [3.63, 3.8) is 0 Å². The molecule has 1 aromatic rings. The number of anilines is 2. The van der Waals surface area contributed by atoms with Gasteiger partial charge in [0.2, 0.25) is 5.91 Å². The summed E-state index contributed by atoms with van der Waals surface area (Å²) in [5, 5.41) is 6.25. The highest BCUT2D eigenvalue weighted by molar-refractivity contribution is 6.02. The van der Waals surface area contributed by atoms with Crippen molar-refractivity contribution in [3.8, 4) is 0 Å². The van der Waals surface area contributed by atoms with E-state index in [2.05, 4.69) is 30.5 Å². The number of hydrogen-bond donors (Lipinski definition) is 2. The van der Waals surface area contributed by atoms with E-state index in [1.54, 1.807) is 0 Å². The van der Waals surface area contributed by atoms with Gasteiger partial charge in [-0.05, 0) is 31.0 Å². The van der Waals surface area contributed by atoms with Crippen molar-refractivity contribution in [3.05, 3.63) is 23.8 Å². The number of nitrogens with one attached hydrogen (secondary N) is 2. The molecule has 2 rings (SSSR count). The van der Waals surface area contributed by atoms with Gasteiger partial charge in [0.05, 0.1) is 11.4 Å². The largest absolute Gasteiger partial charge is 0.372 e. The average Bonchev–Trinajstić information content (AvgIpc) is 2.27. The van der Waals surface area contributed by atoms with E-state index in [1.165, 1.54) is 5.56 Å². The summed E-state index contributed by atoms with van der Waals surface area (Å²) in [6, 6.07) is 5.96. The Morgan fingerprint density at radius 2 is 2.12 bits per heavy atom. The topological polar surface area (TPSA) is 41.1 Å². The van der Waals surface area contributed by atoms with Crippen LogP contribution in [-0.2, 0) is 4.79 Å². The van der Waals surface area contributed by atoms with Crippen molar-refractivity contribution in [2.24, 2.45) is 0 Å². The Balaban J connectivity index is 2.16. The smallest absolute Gasteiger partial charge is 0.246 e. The van der Waals surface area contributed by atoms with E-state index >= 15 is 0 Å². The van der Waals surface area contributed by atoms with E-state index in [4.69, 9.17) is 0 Å². The normalized spacial score (nSPS) is 18.6. The number of amides is 1. The minimum atomic E-state index is -0.0748. The molecule has 1 heterocycles. The van der Waals surface area contributed by atoms with Crippen molar-refractivity contribution in [1.29, 1.82) is 0 Å². The summed E-state index contributed by atoms with van der Waals surface area (Å²) < 4.78 is 0. The van der Waals surface area contributed by atoms with Crippen LogP contribution in [0.2, 0.25) is 0 Å². The Hall–Kier alpha value is -1.51. The summed E-state index contributed by atoms with van der Waals surface area (Å²) in [7, 11) is 0. The number of benzene rings is 1. The third-order valence-electron chi connectivity index (χ3n) is 2.93. The molecule has 3 heteroatoms. The first-order valence-corrected chi connectivity index (χ1v) is 5.88. The molecule has 0 saturated heterocycles. The van der Waals surface area contributed by atoms with Crippen molar-refractivity contribution in [1.82, 2.24) is 0 Å². The van der Waals surface area contributed by atoms with Crippen LogP contribution in [0, 0.1) is 6.92 Å². The molecule has 1 aliphatic heterocycles. The van der Waals surface area contributed by atoms with Crippen LogP contribution in [0.15, 0.2) is 18.2 Å². The maximum absolute atomic E-state index is 11.8. The van der Waals surface area contributed by atoms with Gasteiger partial charge in [-0.25, -0.2) is 0 Å². The highest BCUT2D eigenvalue weighted by Crippen LogP contribution is 2.28. The van der Waals surface area contributed by atoms with E-state index in [-0.39, 0.29) is 11.9 Å². The molecule has 1 aliphatic rings. The zero-order valence-electron chi connectivity index (χ0n) is 9.84. The van der Waals surface area contributed by atoms with E-state index in [9.17, 15) is 4.79 Å². The van der Waals surface area contributed by atoms with Crippen LogP contribution in [0.5, 0.6) is 0 Å². The summed E-state index contributed by atoms with van der Waals surface area (Å²) in [5.41, 5.74) is 3.14. The predicted molar refractivity (Wildman–Crippen MR) is 66.7 cm³/mol. The van der Waals surface area contributed by atoms with Crippen molar-refractivity contribution in [2.45, 2.75) is 39.2 Å². The molecule has 16 heavy (non-hydrogen) atoms. The van der Waals surface area contributed by atoms with E-state index < -0.39 is 0 Å². The molecule has 0 fully saturated rings. The zero-order chi connectivity index (χ0) is 11.5. The molecule has 0 spiro atoms. The molecule has 1 atom stereocenters. The Morgan fingerprint density at radius 3 is 2.88 bits per heavy atom. The third-order valence-corrected chi connectivity index (χ3v) is 2.93. The van der Waals surface area contributed by atoms with Crippen molar-refractivity contribution in [2.75, 3.05) is 10.6 Å². The summed E-state index contributed by atoms with van der Waals surface area (Å²) >= 11 is 0. The molecule has 86 valence electrons. The average molecular weight is 218 g/mol. The van der Waals surface area contributed by atoms with Crippen LogP contribution in [0.4, 0.5) is 11.4 Å². The molecule has 0 saturated carbocycles. The number of rotatable bonds is 3. The molecule has 1 unspecified atom stereocenters. The second-order valence-electron chi connectivity index (χ2n) is 4.38. The second kappa shape index (κ2) is 4.56. The van der Waals surface area contributed by atoms with Gasteiger partial charge in [-0.1, -0.05) is 25.8 Å². The van der Waals surface area contributed by atoms with Gasteiger partial charge < -0.3 is 10.6 Å². The number of hydrogen-bond acceptors (Lipinski definition) is 2. The predicted octanol–water partition coefficient (Wildman–Crippen LogP) is 2.92. The van der Waals surface area contributed by atoms with Crippen LogP contribution in [0.25, 0.3) is 0 Å². The Morgan fingerprint density at radius 1 is 1.31 bits per heavy atom. The molecule has 1 aromatic carbocycles. The quantitative estimate of drug-likeness (QED) is 0.819. The lowest BCUT2D eigenvalue weighted by atomic mass is 10.0. The molecule has 0 aliphatic carbocycles. The molecule has 3 nitrogen and oxygen atoms in total. The van der Waals surface area contributed by atoms with Gasteiger partial charge in [0, 0.05) is 0 Å². The molecule has 0 radical (unpaired) electrons. The summed E-state index contributed by atoms with van der Waals surface area (Å²) in [6.45, 7) is 4.19. The van der Waals surface area contributed by atoms with Crippen LogP contribution < -0.4 is 10.6 Å². The van der Waals surface area contributed by atoms with Gasteiger partial charge in [-0.2, -0.15) is 0 Å². The zero-order valence-corrected chi connectivity index (χ0v) is 9.84. The number of carbonyl (C=O) groups is 1. The summed E-state index contributed by atoms with van der Waals surface area (Å²) in [5.74, 6) is 0.0878. The standard InChI is InChI=1S/C13H18N2O/c1-3-4-5-11-13(16)15-10-7-6-9(2)8-12(10)14-11/h6-8,11,14H,3-5H2,1-2H3,(H,15,16). The Bertz CT molecular complexity index is 401. The van der Waals surface area contributed by atoms with Crippen LogP contribution in [-0.4, -0.2) is 11.9 Å². The van der Waals surface area contributed by atoms with Gasteiger partial charge >= 0.3 is 0 Å². The van der Waals surface area contributed by atoms with E-state index in [1.807, 2.05) is 12.1 Å². The second-order valence-corrected chi connectivity index (χ2v) is 4.38. The van der Waals surface area contributed by atoms with E-state index in [0.717, 1.165) is 30.6 Å². The number of unbranched alkanes of at least 4 members (excludes halogenated alkanes) is 1. The number of fused-ring (bicyclic) bond motifs is 1. The highest BCUT2D eigenvalue weighted by atomic mass is 16.2. The monoisotopic (exact) mass is 218 g/mol. The van der Waals surface area contributed by atoms with E-state index in [0.29, 0.717) is 0 Å². The molecule has 0 aromatic heterocycles. The number of carbonyl (C=O) groups excluding carboxylic acids is 1. The first kappa shape index (κ1) is 11.0. The fourth-order valence-corrected chi connectivity index (χ4v) is 1.97. The number of aryl methyl sites for hydroxylation is 1. The third kappa shape index (κ3) is 2.18. The first-order valence-electron chi connectivity index (χ1n) is 5.88. The lowest BCUT2D eigenvalue weighted by molar-refractivity contribution is -0.117. The SMILES string of the molecule is CCCCC1Nc2cc(C)ccc2NC1=O. The molecule has 0 bridgehead atoms. The van der Waals surface area contributed by atoms with Crippen molar-refractivity contribution < 1.29 is 4.79 Å². The summed E-state index contributed by atoms with van der Waals surface area (Å²) in [4.78, 5) is 11.8. The fraction of sp³-hybridized carbons (Fsp3) is 0.462. The lowest BCUT2D eigenvalue weighted by Gasteiger charge is -2.27.